The Labute approximate surface area is 203 Å². The van der Waals surface area contributed by atoms with Crippen molar-refractivity contribution in [3.63, 3.8) is 0 Å². The lowest BCUT2D eigenvalue weighted by atomic mass is 10.2. The minimum absolute atomic E-state index is 0.00923. The fourth-order valence-electron chi connectivity index (χ4n) is 3.73. The molecule has 0 spiro atoms. The van der Waals surface area contributed by atoms with Crippen LogP contribution in [0.25, 0.3) is 0 Å². The van der Waals surface area contributed by atoms with Crippen molar-refractivity contribution >= 4 is 41.1 Å². The van der Waals surface area contributed by atoms with E-state index in [1.807, 2.05) is 25.7 Å². The minimum atomic E-state index is -0.574. The number of halogens is 2. The predicted molar refractivity (Wildman–Crippen MR) is 124 cm³/mol. The number of nitrogens with one attached hydrogen (secondary N) is 1. The van der Waals surface area contributed by atoms with Gasteiger partial charge in [-0.05, 0) is 58.2 Å². The van der Waals surface area contributed by atoms with E-state index >= 15 is 0 Å². The summed E-state index contributed by atoms with van der Waals surface area (Å²) in [6.45, 7) is 7.57. The molecule has 0 unspecified atom stereocenters. The normalized spacial score (nSPS) is 20.6. The van der Waals surface area contributed by atoms with Gasteiger partial charge in [0, 0.05) is 20.1 Å². The molecule has 1 aromatic heterocycles. The molecule has 3 heterocycles. The van der Waals surface area contributed by atoms with Crippen LogP contribution in [0.1, 0.15) is 40.0 Å². The Morgan fingerprint density at radius 3 is 2.64 bits per heavy atom. The van der Waals surface area contributed by atoms with Crippen molar-refractivity contribution in [2.45, 2.75) is 57.7 Å². The Kier molecular flexibility index (Phi) is 8.47. The topological polar surface area (TPSA) is 106 Å². The molecule has 2 aliphatic rings. The zero-order valence-electron chi connectivity index (χ0n) is 19.4. The molecule has 1 aromatic rings. The average Bonchev–Trinajstić information content (AvgIpc) is 3.42. The number of hydrogen-bond acceptors (Lipinski definition) is 9. The predicted octanol–water partition coefficient (Wildman–Crippen LogP) is 2.90. The first-order chi connectivity index (χ1) is 15.5. The number of rotatable bonds is 7. The van der Waals surface area contributed by atoms with Crippen molar-refractivity contribution in [2.24, 2.45) is 0 Å². The summed E-state index contributed by atoms with van der Waals surface area (Å²) < 4.78 is 16.5. The maximum Gasteiger partial charge on any atom is 0.410 e. The standard InChI is InChI=1S/C21H31Cl2N5O5/c1-21(2,3)33-20(30)27(4)13-7-9-28(12-13)17-15(16(22)25-19(23)26-17)31-10-11-32-18(29)14-6-5-8-24-14/h13-14,24H,5-12H2,1-4H3/t13-,14+/m1/s1. The molecule has 0 radical (unpaired) electrons. The van der Waals surface area contributed by atoms with Gasteiger partial charge in [-0.15, -0.1) is 0 Å². The van der Waals surface area contributed by atoms with Crippen LogP contribution >= 0.6 is 23.2 Å². The molecule has 184 valence electrons. The lowest BCUT2D eigenvalue weighted by Gasteiger charge is -2.29. The van der Waals surface area contributed by atoms with Crippen LogP contribution in [0.5, 0.6) is 5.75 Å². The number of carbonyl (C=O) groups excluding carboxylic acids is 2. The Morgan fingerprint density at radius 1 is 1.21 bits per heavy atom. The van der Waals surface area contributed by atoms with E-state index in [1.54, 1.807) is 11.9 Å². The number of amides is 1. The van der Waals surface area contributed by atoms with E-state index in [2.05, 4.69) is 15.3 Å². The largest absolute Gasteiger partial charge is 0.483 e. The SMILES string of the molecule is CN(C(=O)OC(C)(C)C)[C@@H]1CCN(c2nc(Cl)nc(Cl)c2OCCOC(=O)[C@@H]2CCCN2)C1. The Morgan fingerprint density at radius 2 is 1.97 bits per heavy atom. The van der Waals surface area contributed by atoms with Crippen LogP contribution in [-0.2, 0) is 14.3 Å². The Balaban J connectivity index is 1.61. The number of ether oxygens (including phenoxy) is 3. The lowest BCUT2D eigenvalue weighted by molar-refractivity contribution is -0.146. The Hall–Kier alpha value is -2.04. The van der Waals surface area contributed by atoms with Crippen LogP contribution in [0.3, 0.4) is 0 Å². The van der Waals surface area contributed by atoms with Crippen LogP contribution in [0.4, 0.5) is 10.6 Å². The smallest absolute Gasteiger partial charge is 0.410 e. The molecule has 2 aliphatic heterocycles. The molecule has 12 heteroatoms. The Bertz CT molecular complexity index is 860. The van der Waals surface area contributed by atoms with Crippen LogP contribution in [0.2, 0.25) is 10.4 Å². The third kappa shape index (κ3) is 6.97. The third-order valence-electron chi connectivity index (χ3n) is 5.39. The molecule has 0 bridgehead atoms. The van der Waals surface area contributed by atoms with Crippen LogP contribution in [0, 0.1) is 0 Å². The number of hydrogen-bond donors (Lipinski definition) is 1. The summed E-state index contributed by atoms with van der Waals surface area (Å²) in [7, 11) is 1.72. The zero-order chi connectivity index (χ0) is 24.2. The van der Waals surface area contributed by atoms with Crippen molar-refractivity contribution in [3.8, 4) is 5.75 Å². The van der Waals surface area contributed by atoms with E-state index in [0.29, 0.717) is 25.3 Å². The minimum Gasteiger partial charge on any atom is -0.483 e. The van der Waals surface area contributed by atoms with E-state index in [9.17, 15) is 9.59 Å². The first-order valence-electron chi connectivity index (χ1n) is 11.0. The number of esters is 1. The van der Waals surface area contributed by atoms with Gasteiger partial charge in [0.2, 0.25) is 5.28 Å². The highest BCUT2D eigenvalue weighted by molar-refractivity contribution is 6.33. The summed E-state index contributed by atoms with van der Waals surface area (Å²) in [6.07, 6.45) is 2.05. The maximum absolute atomic E-state index is 12.4. The highest BCUT2D eigenvalue weighted by Crippen LogP contribution is 2.36. The molecule has 2 atom stereocenters. The fraction of sp³-hybridized carbons (Fsp3) is 0.714. The first-order valence-corrected chi connectivity index (χ1v) is 11.8. The highest BCUT2D eigenvalue weighted by atomic mass is 35.5. The summed E-state index contributed by atoms with van der Waals surface area (Å²) >= 11 is 12.3. The number of anilines is 1. The van der Waals surface area contributed by atoms with Gasteiger partial charge in [-0.3, -0.25) is 4.79 Å². The summed E-state index contributed by atoms with van der Waals surface area (Å²) in [5.41, 5.74) is -0.574. The quantitative estimate of drug-likeness (QED) is 0.260. The molecule has 0 saturated carbocycles. The van der Waals surface area contributed by atoms with Crippen molar-refractivity contribution in [3.05, 3.63) is 10.4 Å². The van der Waals surface area contributed by atoms with Gasteiger partial charge in [0.15, 0.2) is 16.7 Å². The number of carbonyl (C=O) groups is 2. The van der Waals surface area contributed by atoms with E-state index in [0.717, 1.165) is 19.4 Å². The molecule has 3 rings (SSSR count). The van der Waals surface area contributed by atoms with Crippen molar-refractivity contribution in [1.29, 1.82) is 0 Å². The molecule has 1 N–H and O–H groups in total. The van der Waals surface area contributed by atoms with E-state index in [4.69, 9.17) is 37.4 Å². The summed E-state index contributed by atoms with van der Waals surface area (Å²) in [6, 6.07) is -0.341. The van der Waals surface area contributed by atoms with Gasteiger partial charge >= 0.3 is 12.1 Å². The third-order valence-corrected chi connectivity index (χ3v) is 5.82. The zero-order valence-corrected chi connectivity index (χ0v) is 20.9. The van der Waals surface area contributed by atoms with Gasteiger partial charge in [-0.2, -0.15) is 4.98 Å². The van der Waals surface area contributed by atoms with E-state index in [-0.39, 0.29) is 53.5 Å². The van der Waals surface area contributed by atoms with Gasteiger partial charge in [0.1, 0.15) is 24.9 Å². The van der Waals surface area contributed by atoms with Crippen molar-refractivity contribution in [2.75, 3.05) is 44.8 Å². The van der Waals surface area contributed by atoms with Gasteiger partial charge < -0.3 is 29.3 Å². The van der Waals surface area contributed by atoms with Crippen LogP contribution < -0.4 is 15.0 Å². The van der Waals surface area contributed by atoms with Crippen molar-refractivity contribution < 1.29 is 23.8 Å². The van der Waals surface area contributed by atoms with Crippen LogP contribution in [-0.4, -0.2) is 84.5 Å². The van der Waals surface area contributed by atoms with Crippen LogP contribution in [0.15, 0.2) is 0 Å². The molecular formula is C21H31Cl2N5O5. The summed E-state index contributed by atoms with van der Waals surface area (Å²) in [5.74, 6) is 0.405. The molecule has 2 saturated heterocycles. The second kappa shape index (κ2) is 10.9. The number of likely N-dealkylation sites (N-methyl/N-ethyl adjacent to an activating group) is 1. The van der Waals surface area contributed by atoms with Gasteiger partial charge in [0.05, 0.1) is 6.04 Å². The van der Waals surface area contributed by atoms with E-state index < -0.39 is 5.60 Å². The highest BCUT2D eigenvalue weighted by Gasteiger charge is 2.33. The molecule has 10 nitrogen and oxygen atoms in total. The lowest BCUT2D eigenvalue weighted by Crippen LogP contribution is -2.42. The molecule has 1 amide bonds. The second-order valence-electron chi connectivity index (χ2n) is 9.08. The van der Waals surface area contributed by atoms with Gasteiger partial charge in [-0.1, -0.05) is 11.6 Å². The second-order valence-corrected chi connectivity index (χ2v) is 9.78. The number of nitrogens with zero attached hydrogens (tertiary/aromatic N) is 4. The molecule has 0 aromatic carbocycles. The van der Waals surface area contributed by atoms with E-state index in [1.165, 1.54) is 0 Å². The summed E-state index contributed by atoms with van der Waals surface area (Å²) in [4.78, 5) is 36.3. The molecule has 33 heavy (non-hydrogen) atoms. The monoisotopic (exact) mass is 503 g/mol. The van der Waals surface area contributed by atoms with Gasteiger partial charge in [-0.25, -0.2) is 9.78 Å². The van der Waals surface area contributed by atoms with Gasteiger partial charge in [0.25, 0.3) is 0 Å². The summed E-state index contributed by atoms with van der Waals surface area (Å²) in [5, 5.41) is 3.15. The average molecular weight is 504 g/mol. The molecular weight excluding hydrogens is 473 g/mol. The number of aromatic nitrogens is 2. The van der Waals surface area contributed by atoms with Crippen molar-refractivity contribution in [1.82, 2.24) is 20.2 Å². The fourth-order valence-corrected chi connectivity index (χ4v) is 4.16. The molecule has 2 fully saturated rings. The first kappa shape index (κ1) is 25.6. The maximum atomic E-state index is 12.4. The molecule has 0 aliphatic carbocycles.